The van der Waals surface area contributed by atoms with E-state index in [2.05, 4.69) is 48.5 Å². The molecule has 0 unspecified atom stereocenters. The predicted molar refractivity (Wildman–Crippen MR) is 285 cm³/mol. The van der Waals surface area contributed by atoms with E-state index >= 15 is 35.1 Å². The normalized spacial score (nSPS) is 11.8. The van der Waals surface area contributed by atoms with E-state index < -0.39 is 166 Å². The summed E-state index contributed by atoms with van der Waals surface area (Å²) in [6.07, 6.45) is -7.22. The number of hydrogen-bond donors (Lipinski definition) is 0. The van der Waals surface area contributed by atoms with Crippen molar-refractivity contribution in [1.29, 1.82) is 0 Å². The zero-order chi connectivity index (χ0) is 63.3. The Morgan fingerprint density at radius 1 is 0.273 bits per heavy atom. The quantitative estimate of drug-likeness (QED) is 0.0260. The first-order valence-electron chi connectivity index (χ1n) is 24.8. The summed E-state index contributed by atoms with van der Waals surface area (Å²) in [6.45, 7) is 0. The van der Waals surface area contributed by atoms with Gasteiger partial charge in [-0.2, -0.15) is 0 Å². The van der Waals surface area contributed by atoms with Crippen molar-refractivity contribution in [2.24, 2.45) is 0 Å². The minimum Gasteiger partial charge on any atom is -0.288 e. The summed E-state index contributed by atoms with van der Waals surface area (Å²) in [6, 6.07) is 44.9. The van der Waals surface area contributed by atoms with Gasteiger partial charge in [0, 0.05) is 23.3 Å². The van der Waals surface area contributed by atoms with Crippen molar-refractivity contribution < 1.29 is 119 Å². The number of rotatable bonds is 10. The second-order valence-corrected chi connectivity index (χ2v) is 25.6. The number of benzene rings is 10. The van der Waals surface area contributed by atoms with E-state index in [1.165, 1.54) is 5.77 Å². The zero-order valence-corrected chi connectivity index (χ0v) is 46.6. The molecular weight excluding hydrogens is 1360 g/mol. The first kappa shape index (κ1) is 61.0. The molecule has 0 radical (unpaired) electrons. The van der Waals surface area contributed by atoms with Crippen molar-refractivity contribution >= 4 is 105 Å². The Labute approximate surface area is 497 Å². The minimum absolute atomic E-state index is 0.0677. The molecule has 12 aromatic rings. The topological polar surface area (TPSA) is 34.1 Å². The van der Waals surface area contributed by atoms with Crippen LogP contribution in [0.4, 0.5) is 87.8 Å². The first-order valence-corrected chi connectivity index (χ1v) is 28.6. The molecule has 0 saturated heterocycles. The molecule has 444 valence electrons. The Morgan fingerprint density at radius 3 is 0.705 bits per heavy atom. The van der Waals surface area contributed by atoms with Crippen LogP contribution in [0.1, 0.15) is 30.5 Å². The molecule has 0 amide bonds. The summed E-state index contributed by atoms with van der Waals surface area (Å²) in [5.74, 6) is -71.3. The number of thiophene rings is 2. The van der Waals surface area contributed by atoms with Gasteiger partial charge in [-0.15, -0.1) is 21.9 Å². The summed E-state index contributed by atoms with van der Waals surface area (Å²) < 4.78 is 296. The fourth-order valence-electron chi connectivity index (χ4n) is 10.7. The molecule has 2 heterocycles. The molecule has 0 N–H and O–H groups in total. The average Bonchev–Trinajstić information content (AvgIpc) is 1.46. The van der Waals surface area contributed by atoms with Gasteiger partial charge in [-0.05, 0) is 67.4 Å². The van der Waals surface area contributed by atoms with Gasteiger partial charge >= 0.3 is 21.2 Å². The molecule has 0 fully saturated rings. The minimum atomic E-state index is -7.22. The summed E-state index contributed by atoms with van der Waals surface area (Å²) in [5.41, 5.74) is -12.8. The Bertz CT molecular complexity index is 4320. The van der Waals surface area contributed by atoms with Gasteiger partial charge in [-0.25, -0.2) is 87.8 Å². The number of hydrogen-bond acceptors (Lipinski definition) is 4. The van der Waals surface area contributed by atoms with Crippen LogP contribution in [0.15, 0.2) is 133 Å². The third kappa shape index (κ3) is 9.55. The van der Waals surface area contributed by atoms with E-state index in [9.17, 15) is 62.3 Å². The lowest BCUT2D eigenvalue weighted by Gasteiger charge is -2.44. The second-order valence-electron chi connectivity index (χ2n) is 19.1. The lowest BCUT2D eigenvalue weighted by Crippen LogP contribution is -3.61. The number of carbonyl (C=O) groups is 2. The van der Waals surface area contributed by atoms with E-state index in [0.29, 0.717) is 0 Å². The third-order valence-corrected chi connectivity index (χ3v) is 20.4. The zero-order valence-electron chi connectivity index (χ0n) is 42.8. The van der Waals surface area contributed by atoms with E-state index in [1.807, 2.05) is 84.9 Å². The monoisotopic (exact) mass is 1380 g/mol. The molecular formula is C62H22BF20IO2S2. The average molecular weight is 1380 g/mol. The lowest BCUT2D eigenvalue weighted by molar-refractivity contribution is -0.585. The van der Waals surface area contributed by atoms with Gasteiger partial charge in [-0.1, -0.05) is 120 Å². The van der Waals surface area contributed by atoms with Crippen molar-refractivity contribution in [1.82, 2.24) is 0 Å². The largest absolute Gasteiger partial charge is 0.381 e. The van der Waals surface area contributed by atoms with Crippen molar-refractivity contribution in [3.05, 3.63) is 276 Å². The second kappa shape index (κ2) is 23.1. The third-order valence-electron chi connectivity index (χ3n) is 14.5. The molecule has 0 aliphatic carbocycles. The van der Waals surface area contributed by atoms with Crippen LogP contribution in [-0.2, 0) is 0 Å². The van der Waals surface area contributed by atoms with E-state index in [1.54, 1.807) is 22.7 Å². The van der Waals surface area contributed by atoms with Crippen LogP contribution in [0.25, 0.3) is 43.1 Å². The maximum absolute atomic E-state index is 15.4. The van der Waals surface area contributed by atoms with Crippen LogP contribution in [0.3, 0.4) is 0 Å². The highest BCUT2D eigenvalue weighted by atomic mass is 127. The van der Waals surface area contributed by atoms with Crippen LogP contribution in [0.2, 0.25) is 0 Å². The molecule has 10 aromatic carbocycles. The molecule has 0 aliphatic rings. The summed E-state index contributed by atoms with van der Waals surface area (Å²) in [4.78, 5) is 29.5. The van der Waals surface area contributed by atoms with Crippen molar-refractivity contribution in [3.8, 4) is 0 Å². The molecule has 12 rings (SSSR count). The molecule has 0 saturated carbocycles. The molecule has 2 aromatic heterocycles. The van der Waals surface area contributed by atoms with Gasteiger partial charge < -0.3 is 0 Å². The highest BCUT2D eigenvalue weighted by Gasteiger charge is 2.52. The Kier molecular flexibility index (Phi) is 16.1. The maximum Gasteiger partial charge on any atom is 0.381 e. The molecule has 0 atom stereocenters. The van der Waals surface area contributed by atoms with Gasteiger partial charge in [0.25, 0.3) is 0 Å². The van der Waals surface area contributed by atoms with Crippen LogP contribution >= 0.6 is 22.7 Å². The van der Waals surface area contributed by atoms with E-state index in [-0.39, 0.29) is 11.6 Å². The molecule has 88 heavy (non-hydrogen) atoms. The number of ketones is 2. The van der Waals surface area contributed by atoms with Crippen molar-refractivity contribution in [2.75, 3.05) is 0 Å². The fourth-order valence-corrected chi connectivity index (χ4v) is 16.9. The highest BCUT2D eigenvalue weighted by molar-refractivity contribution is 7.20. The smallest absolute Gasteiger partial charge is 0.288 e. The van der Waals surface area contributed by atoms with Gasteiger partial charge in [0.2, 0.25) is 17.3 Å². The standard InChI is InChI=1S/C38H22IO2S2.C24BF20/c40-37(35-27-13-5-1-9-23(27)21-24-10-2-6-14-28(24)35)31-17-19-33(42-31)39-34-20-18-32(43-34)38(41)36-29-15-7-3-11-25(29)22-26-12-4-8-16-30(26)36;26-5-1(6(27)14(35)21(42)13(5)34)25(2-7(28)15(36)22(43)16(37)8(2)29,3-9(30)17(38)23(44)18(39)10(3)31)4-11(32)19(40)24(45)20(41)12(4)33/h1-22H;/q+1;-1. The number of fused-ring (bicyclic) bond motifs is 4. The van der Waals surface area contributed by atoms with Crippen LogP contribution in [-0.4, -0.2) is 17.7 Å². The fraction of sp³-hybridized carbons (Fsp3) is 0. The summed E-state index contributed by atoms with van der Waals surface area (Å²) in [7, 11) is 0. The molecule has 0 bridgehead atoms. The first-order chi connectivity index (χ1) is 41.8. The molecule has 2 nitrogen and oxygen atoms in total. The number of halogens is 21. The highest BCUT2D eigenvalue weighted by Crippen LogP contribution is 2.35. The van der Waals surface area contributed by atoms with E-state index in [4.69, 9.17) is 0 Å². The van der Waals surface area contributed by atoms with Gasteiger partial charge in [0.1, 0.15) is 52.7 Å². The van der Waals surface area contributed by atoms with Gasteiger partial charge in [0.15, 0.2) is 69.8 Å². The summed E-state index contributed by atoms with van der Waals surface area (Å²) >= 11 is 2.64. The number of carbonyl (C=O) groups excluding carboxylic acids is 2. The Morgan fingerprint density at radius 2 is 0.477 bits per heavy atom. The predicted octanol–water partition coefficient (Wildman–Crippen LogP) is 12.9. The van der Waals surface area contributed by atoms with E-state index in [0.717, 1.165) is 64.0 Å². The van der Waals surface area contributed by atoms with Crippen molar-refractivity contribution in [3.63, 3.8) is 0 Å². The van der Waals surface area contributed by atoms with Crippen LogP contribution in [0, 0.1) is 122 Å². The lowest BCUT2D eigenvalue weighted by atomic mass is 9.12. The molecule has 26 heteroatoms. The maximum atomic E-state index is 15.4. The van der Waals surface area contributed by atoms with Crippen LogP contribution in [0.5, 0.6) is 0 Å². The SMILES string of the molecule is Fc1c(F)c(F)c([B-](c2c(F)c(F)c(F)c(F)c2F)(c2c(F)c(F)c(F)c(F)c2F)c2c(F)c(F)c(F)c(F)c2F)c(F)c1F.O=C(c1ccc([I+]c2ccc(C(=O)c3c4ccccc4cc4ccccc34)s2)s1)c1c2ccccc2cc2ccccc12. The Hall–Kier alpha value is -8.63. The van der Waals surface area contributed by atoms with Crippen LogP contribution < -0.4 is 43.1 Å². The molecule has 0 aliphatic heterocycles. The summed E-state index contributed by atoms with van der Waals surface area (Å²) in [5, 5.41) is 8.23. The Balaban J connectivity index is 0.000000182. The van der Waals surface area contributed by atoms with Gasteiger partial charge in [-0.3, -0.25) is 9.59 Å². The van der Waals surface area contributed by atoms with Gasteiger partial charge in [0.05, 0.1) is 9.75 Å². The van der Waals surface area contributed by atoms with Crippen molar-refractivity contribution in [2.45, 2.75) is 0 Å². The molecule has 0 spiro atoms.